The number of ether oxygens (including phenoxy) is 4. The Balaban J connectivity index is 2.59. The summed E-state index contributed by atoms with van der Waals surface area (Å²) in [5, 5.41) is 6.64. The third kappa shape index (κ3) is 7.95. The van der Waals surface area contributed by atoms with Gasteiger partial charge in [-0.2, -0.15) is 0 Å². The van der Waals surface area contributed by atoms with E-state index in [9.17, 15) is 0 Å². The third-order valence-corrected chi connectivity index (χ3v) is 3.99. The van der Waals surface area contributed by atoms with Gasteiger partial charge in [0.05, 0.1) is 21.3 Å². The Labute approximate surface area is 163 Å². The highest BCUT2D eigenvalue weighted by Crippen LogP contribution is 2.39. The minimum Gasteiger partial charge on any atom is -0.493 e. The molecule has 1 aromatic rings. The van der Waals surface area contributed by atoms with Gasteiger partial charge in [0.15, 0.2) is 17.5 Å². The van der Waals surface area contributed by atoms with Crippen molar-refractivity contribution < 1.29 is 18.9 Å². The number of hydrogen-bond donors (Lipinski definition) is 2. The van der Waals surface area contributed by atoms with Crippen LogP contribution in [0, 0.1) is 0 Å². The summed E-state index contributed by atoms with van der Waals surface area (Å²) < 4.78 is 21.7. The molecule has 0 aliphatic heterocycles. The van der Waals surface area contributed by atoms with E-state index >= 15 is 0 Å². The summed E-state index contributed by atoms with van der Waals surface area (Å²) in [6.45, 7) is 7.98. The lowest BCUT2D eigenvalue weighted by molar-refractivity contribution is 0.144. The van der Waals surface area contributed by atoms with Gasteiger partial charge in [0, 0.05) is 38.4 Å². The number of benzene rings is 1. The molecule has 0 unspecified atom stereocenters. The van der Waals surface area contributed by atoms with E-state index in [4.69, 9.17) is 18.9 Å². The van der Waals surface area contributed by atoms with Crippen LogP contribution < -0.4 is 24.8 Å². The molecule has 27 heavy (non-hydrogen) atoms. The van der Waals surface area contributed by atoms with Crippen molar-refractivity contribution in [3.8, 4) is 17.2 Å². The van der Waals surface area contributed by atoms with Crippen LogP contribution in [-0.2, 0) is 11.2 Å². The van der Waals surface area contributed by atoms with E-state index in [0.717, 1.165) is 63.6 Å². The minimum atomic E-state index is 0.618. The molecule has 0 amide bonds. The molecule has 7 heteroatoms. The van der Waals surface area contributed by atoms with Crippen molar-refractivity contribution in [1.82, 2.24) is 10.6 Å². The Bertz CT molecular complexity index is 564. The Morgan fingerprint density at radius 1 is 0.963 bits per heavy atom. The molecule has 0 saturated heterocycles. The molecule has 0 fully saturated rings. The highest BCUT2D eigenvalue weighted by atomic mass is 16.5. The molecule has 0 spiro atoms. The molecule has 2 N–H and O–H groups in total. The van der Waals surface area contributed by atoms with Gasteiger partial charge in [-0.25, -0.2) is 0 Å². The lowest BCUT2D eigenvalue weighted by Crippen LogP contribution is -2.38. The molecule has 0 aliphatic carbocycles. The number of aliphatic imine (C=N–C) groups is 1. The van der Waals surface area contributed by atoms with Crippen LogP contribution in [0.5, 0.6) is 17.2 Å². The molecule has 0 aliphatic rings. The summed E-state index contributed by atoms with van der Waals surface area (Å²) in [5.74, 6) is 2.81. The number of nitrogens with zero attached hydrogens (tertiary/aromatic N) is 1. The maximum Gasteiger partial charge on any atom is 0.203 e. The topological polar surface area (TPSA) is 73.3 Å². The monoisotopic (exact) mass is 381 g/mol. The molecule has 0 bridgehead atoms. The Morgan fingerprint density at radius 3 is 2.37 bits per heavy atom. The van der Waals surface area contributed by atoms with Gasteiger partial charge in [-0.15, -0.1) is 0 Å². The van der Waals surface area contributed by atoms with E-state index in [1.165, 1.54) is 0 Å². The number of hydrogen-bond acceptors (Lipinski definition) is 5. The molecule has 0 atom stereocenters. The van der Waals surface area contributed by atoms with Crippen molar-refractivity contribution >= 4 is 5.96 Å². The number of unbranched alkanes of at least 4 members (excludes halogenated alkanes) is 1. The van der Waals surface area contributed by atoms with Crippen molar-refractivity contribution in [1.29, 1.82) is 0 Å². The molecule has 154 valence electrons. The van der Waals surface area contributed by atoms with E-state index in [0.29, 0.717) is 17.2 Å². The molecule has 7 nitrogen and oxygen atoms in total. The van der Waals surface area contributed by atoms with Crippen molar-refractivity contribution in [3.63, 3.8) is 0 Å². The molecule has 0 radical (unpaired) electrons. The second-order valence-electron chi connectivity index (χ2n) is 5.83. The molecule has 0 heterocycles. The third-order valence-electron chi connectivity index (χ3n) is 3.99. The highest BCUT2D eigenvalue weighted by Gasteiger charge is 2.15. The smallest absolute Gasteiger partial charge is 0.203 e. The molecule has 1 rings (SSSR count). The van der Waals surface area contributed by atoms with E-state index < -0.39 is 0 Å². The fourth-order valence-electron chi connectivity index (χ4n) is 2.67. The second kappa shape index (κ2) is 14.0. The van der Waals surface area contributed by atoms with Crippen LogP contribution in [0.15, 0.2) is 17.1 Å². The average Bonchev–Trinajstić information content (AvgIpc) is 2.69. The largest absolute Gasteiger partial charge is 0.493 e. The molecular formula is C20H35N3O4. The second-order valence-corrected chi connectivity index (χ2v) is 5.83. The van der Waals surface area contributed by atoms with Gasteiger partial charge < -0.3 is 29.6 Å². The van der Waals surface area contributed by atoms with Gasteiger partial charge in [-0.3, -0.25) is 4.99 Å². The minimum absolute atomic E-state index is 0.618. The van der Waals surface area contributed by atoms with Crippen LogP contribution in [0.4, 0.5) is 0 Å². The normalized spacial score (nSPS) is 11.2. The van der Waals surface area contributed by atoms with Crippen molar-refractivity contribution in [2.45, 2.75) is 33.1 Å². The summed E-state index contributed by atoms with van der Waals surface area (Å²) in [6, 6.07) is 3.90. The maximum absolute atomic E-state index is 5.54. The van der Waals surface area contributed by atoms with Crippen LogP contribution in [0.1, 0.15) is 32.3 Å². The molecule has 1 aromatic carbocycles. The van der Waals surface area contributed by atoms with E-state index in [-0.39, 0.29) is 0 Å². The molecule has 0 aromatic heterocycles. The SMILES string of the molecule is CCNC(=NCCCCOCC)NCCc1ccc(OC)c(OC)c1OC. The molecule has 0 saturated carbocycles. The van der Waals surface area contributed by atoms with E-state index in [2.05, 4.69) is 22.5 Å². The lowest BCUT2D eigenvalue weighted by atomic mass is 10.1. The first-order valence-corrected chi connectivity index (χ1v) is 9.59. The summed E-state index contributed by atoms with van der Waals surface area (Å²) in [4.78, 5) is 4.61. The van der Waals surface area contributed by atoms with Crippen molar-refractivity contribution in [2.24, 2.45) is 4.99 Å². The first-order chi connectivity index (χ1) is 13.2. The van der Waals surface area contributed by atoms with Gasteiger partial charge in [0.1, 0.15) is 0 Å². The first kappa shape index (κ1) is 22.9. The number of guanidine groups is 1. The average molecular weight is 382 g/mol. The van der Waals surface area contributed by atoms with Gasteiger partial charge in [0.25, 0.3) is 0 Å². The molecular weight excluding hydrogens is 346 g/mol. The fraction of sp³-hybridized carbons (Fsp3) is 0.650. The quantitative estimate of drug-likeness (QED) is 0.311. The summed E-state index contributed by atoms with van der Waals surface area (Å²) in [5.41, 5.74) is 1.05. The summed E-state index contributed by atoms with van der Waals surface area (Å²) >= 11 is 0. The van der Waals surface area contributed by atoms with Gasteiger partial charge in [-0.05, 0) is 39.2 Å². The van der Waals surface area contributed by atoms with Gasteiger partial charge in [0.2, 0.25) is 5.75 Å². The van der Waals surface area contributed by atoms with Crippen molar-refractivity contribution in [3.05, 3.63) is 17.7 Å². The van der Waals surface area contributed by atoms with Gasteiger partial charge in [-0.1, -0.05) is 6.07 Å². The predicted octanol–water partition coefficient (Wildman–Crippen LogP) is 2.63. The number of methoxy groups -OCH3 is 3. The summed E-state index contributed by atoms with van der Waals surface area (Å²) in [6.07, 6.45) is 2.82. The zero-order valence-electron chi connectivity index (χ0n) is 17.4. The Morgan fingerprint density at radius 2 is 1.74 bits per heavy atom. The standard InChI is InChI=1S/C20H35N3O4/c1-6-21-20(22-13-8-9-15-27-7-2)23-14-12-16-10-11-17(24-3)19(26-5)18(16)25-4/h10-11H,6-9,12-15H2,1-5H3,(H2,21,22,23). The van der Waals surface area contributed by atoms with Crippen LogP contribution in [0.25, 0.3) is 0 Å². The highest BCUT2D eigenvalue weighted by molar-refractivity contribution is 5.79. The lowest BCUT2D eigenvalue weighted by Gasteiger charge is -2.16. The van der Waals surface area contributed by atoms with E-state index in [1.807, 2.05) is 19.1 Å². The van der Waals surface area contributed by atoms with Crippen LogP contribution in [0.2, 0.25) is 0 Å². The first-order valence-electron chi connectivity index (χ1n) is 9.59. The Kier molecular flexibility index (Phi) is 11.8. The van der Waals surface area contributed by atoms with Crippen LogP contribution in [0.3, 0.4) is 0 Å². The van der Waals surface area contributed by atoms with Crippen LogP contribution >= 0.6 is 0 Å². The van der Waals surface area contributed by atoms with Gasteiger partial charge >= 0.3 is 0 Å². The van der Waals surface area contributed by atoms with E-state index in [1.54, 1.807) is 21.3 Å². The zero-order chi connectivity index (χ0) is 19.9. The fourth-order valence-corrected chi connectivity index (χ4v) is 2.67. The maximum atomic E-state index is 5.54. The number of nitrogens with one attached hydrogen (secondary N) is 2. The zero-order valence-corrected chi connectivity index (χ0v) is 17.4. The predicted molar refractivity (Wildman–Crippen MR) is 110 cm³/mol. The Hall–Kier alpha value is -2.15. The number of rotatable bonds is 13. The van der Waals surface area contributed by atoms with Crippen LogP contribution in [-0.4, -0.2) is 60.1 Å². The van der Waals surface area contributed by atoms with Crippen molar-refractivity contribution in [2.75, 3.05) is 54.2 Å². The summed E-state index contributed by atoms with van der Waals surface area (Å²) in [7, 11) is 4.87.